The molecule has 2 rings (SSSR count). The molecular formula is C24H30O4. The van der Waals surface area contributed by atoms with Gasteiger partial charge in [-0.05, 0) is 78.6 Å². The standard InChI is InChI=1S/C24H30O4/c1-17-9-7-11-19(15-17)21(25)27-23(3,4)13-14-24(5,6)28-22(26)20-12-8-10-18(2)16-20/h7-12,15-16H,13-14H2,1-6H3. The Hall–Kier alpha value is -2.62. The highest BCUT2D eigenvalue weighted by Crippen LogP contribution is 2.27. The molecule has 0 fully saturated rings. The van der Waals surface area contributed by atoms with Gasteiger partial charge in [-0.25, -0.2) is 9.59 Å². The summed E-state index contributed by atoms with van der Waals surface area (Å²) in [5.41, 5.74) is 1.76. The smallest absolute Gasteiger partial charge is 0.338 e. The van der Waals surface area contributed by atoms with Crippen LogP contribution in [-0.4, -0.2) is 23.1 Å². The van der Waals surface area contributed by atoms with Gasteiger partial charge in [-0.2, -0.15) is 0 Å². The minimum atomic E-state index is -0.673. The van der Waals surface area contributed by atoms with Crippen molar-refractivity contribution in [1.82, 2.24) is 0 Å². The van der Waals surface area contributed by atoms with Crippen LogP contribution in [0.4, 0.5) is 0 Å². The predicted molar refractivity (Wildman–Crippen MR) is 111 cm³/mol. The van der Waals surface area contributed by atoms with Crippen molar-refractivity contribution in [3.05, 3.63) is 70.8 Å². The van der Waals surface area contributed by atoms with Gasteiger partial charge >= 0.3 is 11.9 Å². The lowest BCUT2D eigenvalue weighted by Gasteiger charge is -2.31. The van der Waals surface area contributed by atoms with E-state index >= 15 is 0 Å². The van der Waals surface area contributed by atoms with Crippen LogP contribution in [0.15, 0.2) is 48.5 Å². The predicted octanol–water partition coefficient (Wildman–Crippen LogP) is 5.65. The SMILES string of the molecule is Cc1cccc(C(=O)OC(C)(C)CCC(C)(C)OC(=O)c2cccc(C)c2)c1. The monoisotopic (exact) mass is 382 g/mol. The van der Waals surface area contributed by atoms with Crippen LogP contribution in [0.25, 0.3) is 0 Å². The van der Waals surface area contributed by atoms with Gasteiger partial charge in [-0.1, -0.05) is 35.4 Å². The topological polar surface area (TPSA) is 52.6 Å². The third-order valence-corrected chi connectivity index (χ3v) is 4.57. The van der Waals surface area contributed by atoms with Gasteiger partial charge in [0.2, 0.25) is 0 Å². The van der Waals surface area contributed by atoms with E-state index in [1.54, 1.807) is 12.1 Å². The minimum absolute atomic E-state index is 0.344. The summed E-state index contributed by atoms with van der Waals surface area (Å²) in [5.74, 6) is -0.688. The molecule has 0 atom stereocenters. The number of carbonyl (C=O) groups excluding carboxylic acids is 2. The van der Waals surface area contributed by atoms with E-state index in [0.29, 0.717) is 24.0 Å². The number of esters is 2. The molecule has 0 aromatic heterocycles. The van der Waals surface area contributed by atoms with E-state index < -0.39 is 11.2 Å². The summed E-state index contributed by atoms with van der Waals surface area (Å²) in [6.45, 7) is 11.4. The van der Waals surface area contributed by atoms with Crippen LogP contribution in [-0.2, 0) is 9.47 Å². The summed E-state index contributed by atoms with van der Waals surface area (Å²) in [6.07, 6.45) is 1.14. The fourth-order valence-electron chi connectivity index (χ4n) is 2.87. The zero-order chi connectivity index (χ0) is 20.9. The summed E-state index contributed by atoms with van der Waals surface area (Å²) in [6, 6.07) is 14.7. The van der Waals surface area contributed by atoms with Crippen molar-refractivity contribution in [3.63, 3.8) is 0 Å². The molecule has 0 aliphatic heterocycles. The molecule has 150 valence electrons. The van der Waals surface area contributed by atoms with Crippen LogP contribution in [0.5, 0.6) is 0 Å². The van der Waals surface area contributed by atoms with Crippen molar-refractivity contribution < 1.29 is 19.1 Å². The fraction of sp³-hybridized carbons (Fsp3) is 0.417. The highest BCUT2D eigenvalue weighted by Gasteiger charge is 2.30. The van der Waals surface area contributed by atoms with E-state index in [9.17, 15) is 9.59 Å². The first-order chi connectivity index (χ1) is 13.0. The molecule has 0 aliphatic carbocycles. The molecule has 0 spiro atoms. The van der Waals surface area contributed by atoms with Crippen molar-refractivity contribution >= 4 is 11.9 Å². The van der Waals surface area contributed by atoms with E-state index in [1.807, 2.05) is 77.9 Å². The van der Waals surface area contributed by atoms with Crippen molar-refractivity contribution in [3.8, 4) is 0 Å². The molecule has 0 aliphatic rings. The first kappa shape index (κ1) is 21.7. The lowest BCUT2D eigenvalue weighted by atomic mass is 9.93. The molecule has 0 unspecified atom stereocenters. The van der Waals surface area contributed by atoms with E-state index in [0.717, 1.165) is 11.1 Å². The number of aryl methyl sites for hydroxylation is 2. The normalized spacial score (nSPS) is 11.8. The van der Waals surface area contributed by atoms with E-state index in [4.69, 9.17) is 9.47 Å². The third-order valence-electron chi connectivity index (χ3n) is 4.57. The van der Waals surface area contributed by atoms with E-state index in [-0.39, 0.29) is 11.9 Å². The third kappa shape index (κ3) is 6.52. The summed E-state index contributed by atoms with van der Waals surface area (Å²) in [4.78, 5) is 24.8. The number of carbonyl (C=O) groups is 2. The molecule has 0 amide bonds. The Labute approximate surface area is 167 Å². The van der Waals surface area contributed by atoms with Crippen molar-refractivity contribution in [2.75, 3.05) is 0 Å². The Morgan fingerprint density at radius 1 is 0.714 bits per heavy atom. The molecule has 4 heteroatoms. The van der Waals surface area contributed by atoms with Gasteiger partial charge < -0.3 is 9.47 Å². The van der Waals surface area contributed by atoms with Gasteiger partial charge in [0.05, 0.1) is 11.1 Å². The number of benzene rings is 2. The first-order valence-electron chi connectivity index (χ1n) is 9.57. The van der Waals surface area contributed by atoms with Crippen LogP contribution < -0.4 is 0 Å². The summed E-state index contributed by atoms with van der Waals surface area (Å²) in [7, 11) is 0. The Morgan fingerprint density at radius 3 is 1.39 bits per heavy atom. The zero-order valence-electron chi connectivity index (χ0n) is 17.7. The Kier molecular flexibility index (Phi) is 6.65. The molecule has 2 aromatic carbocycles. The minimum Gasteiger partial charge on any atom is -0.456 e. The molecule has 2 aromatic rings. The number of rotatable bonds is 7. The van der Waals surface area contributed by atoms with Crippen molar-refractivity contribution in [1.29, 1.82) is 0 Å². The van der Waals surface area contributed by atoms with Crippen LogP contribution in [0.2, 0.25) is 0 Å². The lowest BCUT2D eigenvalue weighted by molar-refractivity contribution is -0.0325. The van der Waals surface area contributed by atoms with Crippen LogP contribution in [0, 0.1) is 13.8 Å². The maximum absolute atomic E-state index is 12.4. The summed E-state index contributed by atoms with van der Waals surface area (Å²) >= 11 is 0. The molecule has 0 radical (unpaired) electrons. The highest BCUT2D eigenvalue weighted by molar-refractivity contribution is 5.90. The first-order valence-corrected chi connectivity index (χ1v) is 9.57. The number of hydrogen-bond acceptors (Lipinski definition) is 4. The maximum Gasteiger partial charge on any atom is 0.338 e. The van der Waals surface area contributed by atoms with Crippen molar-refractivity contribution in [2.24, 2.45) is 0 Å². The van der Waals surface area contributed by atoms with Gasteiger partial charge in [0.1, 0.15) is 11.2 Å². The zero-order valence-corrected chi connectivity index (χ0v) is 17.7. The molecular weight excluding hydrogens is 352 g/mol. The maximum atomic E-state index is 12.4. The highest BCUT2D eigenvalue weighted by atomic mass is 16.6. The Balaban J connectivity index is 1.94. The summed E-state index contributed by atoms with van der Waals surface area (Å²) in [5, 5.41) is 0. The second-order valence-corrected chi connectivity index (χ2v) is 8.54. The van der Waals surface area contributed by atoms with Crippen molar-refractivity contribution in [2.45, 2.75) is 65.6 Å². The second kappa shape index (κ2) is 8.59. The molecule has 0 heterocycles. The van der Waals surface area contributed by atoms with Gasteiger partial charge in [-0.3, -0.25) is 0 Å². The Morgan fingerprint density at radius 2 is 1.07 bits per heavy atom. The number of hydrogen-bond donors (Lipinski definition) is 0. The van der Waals surface area contributed by atoms with Gasteiger partial charge in [0, 0.05) is 0 Å². The van der Waals surface area contributed by atoms with Gasteiger partial charge in [0.25, 0.3) is 0 Å². The quantitative estimate of drug-likeness (QED) is 0.580. The Bertz CT molecular complexity index is 778. The molecule has 0 saturated carbocycles. The molecule has 28 heavy (non-hydrogen) atoms. The molecule has 0 N–H and O–H groups in total. The number of ether oxygens (including phenoxy) is 2. The van der Waals surface area contributed by atoms with Crippen LogP contribution >= 0.6 is 0 Å². The van der Waals surface area contributed by atoms with Crippen LogP contribution in [0.3, 0.4) is 0 Å². The lowest BCUT2D eigenvalue weighted by Crippen LogP contribution is -2.34. The van der Waals surface area contributed by atoms with Crippen LogP contribution in [0.1, 0.15) is 72.4 Å². The fourth-order valence-corrected chi connectivity index (χ4v) is 2.87. The summed E-state index contributed by atoms with van der Waals surface area (Å²) < 4.78 is 11.4. The average Bonchev–Trinajstić information content (AvgIpc) is 2.59. The van der Waals surface area contributed by atoms with Gasteiger partial charge in [0.15, 0.2) is 0 Å². The average molecular weight is 383 g/mol. The second-order valence-electron chi connectivity index (χ2n) is 8.54. The van der Waals surface area contributed by atoms with Gasteiger partial charge in [-0.15, -0.1) is 0 Å². The van der Waals surface area contributed by atoms with E-state index in [1.165, 1.54) is 0 Å². The molecule has 4 nitrogen and oxygen atoms in total. The van der Waals surface area contributed by atoms with E-state index in [2.05, 4.69) is 0 Å². The largest absolute Gasteiger partial charge is 0.456 e. The molecule has 0 saturated heterocycles. The molecule has 0 bridgehead atoms.